The van der Waals surface area contributed by atoms with Gasteiger partial charge in [-0.2, -0.15) is 0 Å². The van der Waals surface area contributed by atoms with Crippen LogP contribution < -0.4 is 16.6 Å². The minimum absolute atomic E-state index is 0.255. The van der Waals surface area contributed by atoms with Gasteiger partial charge in [-0.15, -0.1) is 0 Å². The molecule has 0 saturated heterocycles. The van der Waals surface area contributed by atoms with Crippen LogP contribution in [0.3, 0.4) is 0 Å². The van der Waals surface area contributed by atoms with Gasteiger partial charge in [0, 0.05) is 45.5 Å². The lowest BCUT2D eigenvalue weighted by Gasteiger charge is -2.10. The summed E-state index contributed by atoms with van der Waals surface area (Å²) in [5.41, 5.74) is 0.00258. The third kappa shape index (κ3) is 4.92. The number of aryl methyl sites for hydroxylation is 1. The zero-order chi connectivity index (χ0) is 15.1. The lowest BCUT2D eigenvalue weighted by atomic mass is 10.3. The van der Waals surface area contributed by atoms with Crippen LogP contribution in [0.25, 0.3) is 0 Å². The fourth-order valence-corrected chi connectivity index (χ4v) is 1.72. The van der Waals surface area contributed by atoms with Crippen molar-refractivity contribution in [1.29, 1.82) is 0 Å². The Bertz CT molecular complexity index is 533. The third-order valence-corrected chi connectivity index (χ3v) is 2.94. The minimum atomic E-state index is -0.314. The molecule has 20 heavy (non-hydrogen) atoms. The molecule has 0 radical (unpaired) electrons. The summed E-state index contributed by atoms with van der Waals surface area (Å²) in [4.78, 5) is 25.4. The van der Waals surface area contributed by atoms with E-state index in [2.05, 4.69) is 10.2 Å². The van der Waals surface area contributed by atoms with Crippen molar-refractivity contribution in [3.8, 4) is 0 Å². The Morgan fingerprint density at radius 3 is 2.60 bits per heavy atom. The van der Waals surface area contributed by atoms with Gasteiger partial charge >= 0.3 is 5.69 Å². The Balaban J connectivity index is 2.36. The average molecular weight is 284 g/mol. The first-order valence-corrected chi connectivity index (χ1v) is 6.62. The van der Waals surface area contributed by atoms with E-state index in [1.807, 2.05) is 14.1 Å². The maximum absolute atomic E-state index is 11.9. The second kappa shape index (κ2) is 7.98. The van der Waals surface area contributed by atoms with Gasteiger partial charge in [-0.1, -0.05) is 0 Å². The number of likely N-dealkylation sites (N-methyl/N-ethyl adjacent to an activating group) is 1. The normalized spacial score (nSPS) is 11.2. The lowest BCUT2D eigenvalue weighted by molar-refractivity contribution is 0.119. The summed E-state index contributed by atoms with van der Waals surface area (Å²) in [7, 11) is 7.11. The first kappa shape index (κ1) is 16.6. The largest absolute Gasteiger partial charge is 0.379 e. The number of nitrogens with zero attached hydrogens (tertiary/aromatic N) is 3. The van der Waals surface area contributed by atoms with E-state index in [0.717, 1.165) is 11.1 Å². The van der Waals surface area contributed by atoms with Crippen molar-refractivity contribution in [1.82, 2.24) is 19.4 Å². The average Bonchev–Trinajstić information content (AvgIpc) is 2.40. The van der Waals surface area contributed by atoms with Crippen LogP contribution in [0.1, 0.15) is 5.56 Å². The number of ether oxygens (including phenoxy) is 1. The van der Waals surface area contributed by atoms with Crippen LogP contribution in [-0.2, 0) is 25.4 Å². The number of nitrogens with one attached hydrogen (secondary N) is 1. The van der Waals surface area contributed by atoms with Crippen molar-refractivity contribution in [2.45, 2.75) is 6.54 Å². The number of hydrogen-bond acceptors (Lipinski definition) is 5. The predicted molar refractivity (Wildman–Crippen MR) is 78.0 cm³/mol. The molecule has 1 rings (SSSR count). The fraction of sp³-hybridized carbons (Fsp3) is 0.692. The van der Waals surface area contributed by atoms with Crippen LogP contribution in [-0.4, -0.2) is 54.4 Å². The molecule has 0 amide bonds. The van der Waals surface area contributed by atoms with Gasteiger partial charge < -0.3 is 19.5 Å². The second-order valence-corrected chi connectivity index (χ2v) is 5.00. The molecule has 0 fully saturated rings. The Morgan fingerprint density at radius 1 is 1.25 bits per heavy atom. The molecule has 0 unspecified atom stereocenters. The molecule has 1 N–H and O–H groups in total. The first-order valence-electron chi connectivity index (χ1n) is 6.62. The molecule has 0 aliphatic carbocycles. The summed E-state index contributed by atoms with van der Waals surface area (Å²) >= 11 is 0. The molecule has 0 aromatic carbocycles. The monoisotopic (exact) mass is 284 g/mol. The van der Waals surface area contributed by atoms with E-state index in [-0.39, 0.29) is 11.2 Å². The second-order valence-electron chi connectivity index (χ2n) is 5.00. The molecular formula is C13H24N4O3. The van der Waals surface area contributed by atoms with E-state index in [1.165, 1.54) is 11.6 Å². The Labute approximate surface area is 118 Å². The first-order chi connectivity index (χ1) is 9.43. The van der Waals surface area contributed by atoms with Crippen LogP contribution in [0.15, 0.2) is 15.8 Å². The van der Waals surface area contributed by atoms with Crippen molar-refractivity contribution in [2.75, 3.05) is 40.4 Å². The predicted octanol–water partition coefficient (Wildman–Crippen LogP) is -1.25. The van der Waals surface area contributed by atoms with Crippen LogP contribution in [0, 0.1) is 0 Å². The van der Waals surface area contributed by atoms with E-state index >= 15 is 0 Å². The van der Waals surface area contributed by atoms with E-state index in [1.54, 1.807) is 13.2 Å². The fourth-order valence-electron chi connectivity index (χ4n) is 1.72. The highest BCUT2D eigenvalue weighted by Crippen LogP contribution is 1.87. The lowest BCUT2D eigenvalue weighted by Crippen LogP contribution is -2.39. The van der Waals surface area contributed by atoms with Crippen LogP contribution in [0.5, 0.6) is 0 Å². The molecular weight excluding hydrogens is 260 g/mol. The van der Waals surface area contributed by atoms with Crippen molar-refractivity contribution >= 4 is 0 Å². The van der Waals surface area contributed by atoms with Crippen LogP contribution >= 0.6 is 0 Å². The molecule has 7 nitrogen and oxygen atoms in total. The van der Waals surface area contributed by atoms with E-state index < -0.39 is 0 Å². The minimum Gasteiger partial charge on any atom is -0.379 e. The smallest absolute Gasteiger partial charge is 0.330 e. The van der Waals surface area contributed by atoms with Crippen molar-refractivity contribution < 1.29 is 4.74 Å². The van der Waals surface area contributed by atoms with Gasteiger partial charge in [-0.25, -0.2) is 4.79 Å². The van der Waals surface area contributed by atoms with Crippen molar-refractivity contribution in [3.63, 3.8) is 0 Å². The molecule has 1 aromatic heterocycles. The quantitative estimate of drug-likeness (QED) is 0.604. The molecule has 0 spiro atoms. The van der Waals surface area contributed by atoms with E-state index in [9.17, 15) is 9.59 Å². The molecule has 1 aromatic rings. The summed E-state index contributed by atoms with van der Waals surface area (Å²) in [6, 6.07) is 0. The molecule has 114 valence electrons. The summed E-state index contributed by atoms with van der Waals surface area (Å²) in [5.74, 6) is 0. The molecule has 0 saturated carbocycles. The summed E-state index contributed by atoms with van der Waals surface area (Å²) < 4.78 is 7.96. The van der Waals surface area contributed by atoms with Crippen LogP contribution in [0.4, 0.5) is 0 Å². The standard InChI is InChI=1S/C13H24N4O3/c1-15(2)6-8-20-7-5-14-9-11-10-16(3)13(19)17(4)12(11)18/h10,14H,5-9H2,1-4H3. The zero-order valence-corrected chi connectivity index (χ0v) is 12.7. The van der Waals surface area contributed by atoms with Gasteiger partial charge in [-0.3, -0.25) is 9.36 Å². The highest BCUT2D eigenvalue weighted by molar-refractivity contribution is 5.05. The van der Waals surface area contributed by atoms with Crippen molar-refractivity contribution in [3.05, 3.63) is 32.6 Å². The van der Waals surface area contributed by atoms with Gasteiger partial charge in [0.2, 0.25) is 0 Å². The maximum atomic E-state index is 11.9. The Morgan fingerprint density at radius 2 is 1.95 bits per heavy atom. The number of rotatable bonds is 8. The Kier molecular flexibility index (Phi) is 6.63. The van der Waals surface area contributed by atoms with Gasteiger partial charge in [0.25, 0.3) is 5.56 Å². The maximum Gasteiger partial charge on any atom is 0.330 e. The van der Waals surface area contributed by atoms with Gasteiger partial charge in [0.05, 0.1) is 13.2 Å². The topological polar surface area (TPSA) is 68.5 Å². The summed E-state index contributed by atoms with van der Waals surface area (Å²) in [6.45, 7) is 3.27. The Hall–Kier alpha value is -1.44. The van der Waals surface area contributed by atoms with Gasteiger partial charge in [0.15, 0.2) is 0 Å². The number of aromatic nitrogens is 2. The number of hydrogen-bond donors (Lipinski definition) is 1. The SMILES string of the molecule is CN(C)CCOCCNCc1cn(C)c(=O)n(C)c1=O. The molecule has 7 heteroatoms. The summed E-state index contributed by atoms with van der Waals surface area (Å²) in [6.07, 6.45) is 1.57. The van der Waals surface area contributed by atoms with Gasteiger partial charge in [-0.05, 0) is 14.1 Å². The van der Waals surface area contributed by atoms with Crippen molar-refractivity contribution in [2.24, 2.45) is 14.1 Å². The molecule has 0 atom stereocenters. The molecule has 0 aliphatic heterocycles. The third-order valence-electron chi connectivity index (χ3n) is 2.94. The van der Waals surface area contributed by atoms with E-state index in [4.69, 9.17) is 4.74 Å². The summed E-state index contributed by atoms with van der Waals surface area (Å²) in [5, 5.41) is 3.14. The highest BCUT2D eigenvalue weighted by atomic mass is 16.5. The molecule has 0 aliphatic rings. The van der Waals surface area contributed by atoms with E-state index in [0.29, 0.717) is 31.9 Å². The van der Waals surface area contributed by atoms with Crippen LogP contribution in [0.2, 0.25) is 0 Å². The molecule has 1 heterocycles. The molecule has 0 bridgehead atoms. The van der Waals surface area contributed by atoms with Gasteiger partial charge in [0.1, 0.15) is 0 Å². The zero-order valence-electron chi connectivity index (χ0n) is 12.7. The highest BCUT2D eigenvalue weighted by Gasteiger charge is 2.05.